The van der Waals surface area contributed by atoms with Gasteiger partial charge in [0.2, 0.25) is 0 Å². The van der Waals surface area contributed by atoms with Gasteiger partial charge in [-0.25, -0.2) is 4.98 Å². The van der Waals surface area contributed by atoms with Crippen LogP contribution >= 0.6 is 0 Å². The number of nitrogens with zero attached hydrogens (tertiary/aromatic N) is 5. The second-order valence-electron chi connectivity index (χ2n) is 10.4. The first kappa shape index (κ1) is 26.3. The van der Waals surface area contributed by atoms with Gasteiger partial charge in [-0.05, 0) is 86.7 Å². The van der Waals surface area contributed by atoms with Crippen LogP contribution in [0.4, 0.5) is 5.69 Å². The monoisotopic (exact) mass is 543 g/mol. The molecule has 5 aromatic rings. The molecule has 6 heterocycles. The van der Waals surface area contributed by atoms with Crippen molar-refractivity contribution in [3.63, 3.8) is 0 Å². The van der Waals surface area contributed by atoms with E-state index in [1.54, 1.807) is 12.4 Å². The van der Waals surface area contributed by atoms with Crippen molar-refractivity contribution in [3.05, 3.63) is 89.6 Å². The molecule has 1 fully saturated rings. The average Bonchev–Trinajstić information content (AvgIpc) is 3.60. The number of nitrogens with one attached hydrogen (secondary N) is 4. The SMILES string of the molecule is C=C(CC1CCNCC1)Nc1cncc(/C(C)=C/C=c2/[nH]nc(-c3nc4c(-c5ccccn5)nccc4[nH]3)c2=C)c1. The lowest BCUT2D eigenvalue weighted by Crippen LogP contribution is -2.28. The molecule has 0 saturated carbocycles. The number of piperidine rings is 1. The maximum atomic E-state index is 4.81. The number of anilines is 1. The minimum absolute atomic E-state index is 0.625. The van der Waals surface area contributed by atoms with Gasteiger partial charge in [0.1, 0.15) is 16.9 Å². The van der Waals surface area contributed by atoms with Crippen LogP contribution in [0.25, 0.3) is 52.2 Å². The first-order valence-corrected chi connectivity index (χ1v) is 13.8. The zero-order chi connectivity index (χ0) is 28.2. The number of allylic oxidation sites excluding steroid dienone is 3. The molecule has 0 atom stereocenters. The topological polar surface area (TPSA) is 120 Å². The van der Waals surface area contributed by atoms with Crippen molar-refractivity contribution < 1.29 is 0 Å². The average molecular weight is 544 g/mol. The van der Waals surface area contributed by atoms with Crippen molar-refractivity contribution in [1.29, 1.82) is 0 Å². The summed E-state index contributed by atoms with van der Waals surface area (Å²) in [5.41, 5.74) is 7.81. The molecule has 0 spiro atoms. The second kappa shape index (κ2) is 11.7. The van der Waals surface area contributed by atoms with Gasteiger partial charge in [0.25, 0.3) is 0 Å². The lowest BCUT2D eigenvalue weighted by Gasteiger charge is -2.23. The van der Waals surface area contributed by atoms with Crippen molar-refractivity contribution in [2.75, 3.05) is 18.4 Å². The van der Waals surface area contributed by atoms with Crippen molar-refractivity contribution in [2.45, 2.75) is 26.2 Å². The van der Waals surface area contributed by atoms with E-state index in [0.717, 1.165) is 75.0 Å². The third kappa shape index (κ3) is 5.85. The van der Waals surface area contributed by atoms with Gasteiger partial charge >= 0.3 is 0 Å². The molecular weight excluding hydrogens is 510 g/mol. The third-order valence-corrected chi connectivity index (χ3v) is 7.44. The third-order valence-electron chi connectivity index (χ3n) is 7.44. The Morgan fingerprint density at radius 2 is 1.98 bits per heavy atom. The molecule has 1 aliphatic rings. The Labute approximate surface area is 238 Å². The standard InChI is InChI=1S/C32H33N9/c1-20(24-17-25(19-34-18-24)37-21(2)16-23-9-13-33-14-10-23)7-8-26-22(3)29(41-40-26)32-38-28-11-15-36-30(31(28)39-32)27-6-4-5-12-35-27/h4-8,11-12,15,17-19,23,33,37,40H,2-3,9-10,13-14,16H2,1H3,(H,38,39)/b20-7+,26-8+. The number of hydrogen-bond donors (Lipinski definition) is 4. The summed E-state index contributed by atoms with van der Waals surface area (Å²) in [5.74, 6) is 1.30. The Bertz CT molecular complexity index is 1830. The van der Waals surface area contributed by atoms with Crippen LogP contribution in [-0.2, 0) is 0 Å². The maximum absolute atomic E-state index is 4.81. The summed E-state index contributed by atoms with van der Waals surface area (Å²) in [6.07, 6.45) is 14.6. The summed E-state index contributed by atoms with van der Waals surface area (Å²) < 4.78 is 0. The maximum Gasteiger partial charge on any atom is 0.159 e. The number of pyridine rings is 3. The quantitative estimate of drug-likeness (QED) is 0.229. The molecule has 9 heteroatoms. The van der Waals surface area contributed by atoms with Crippen LogP contribution in [0, 0.1) is 5.92 Å². The molecule has 4 N–H and O–H groups in total. The summed E-state index contributed by atoms with van der Waals surface area (Å²) in [6.45, 7) is 12.8. The highest BCUT2D eigenvalue weighted by Crippen LogP contribution is 2.25. The number of rotatable bonds is 8. The van der Waals surface area contributed by atoms with Crippen molar-refractivity contribution in [1.82, 2.24) is 40.4 Å². The van der Waals surface area contributed by atoms with Crippen LogP contribution in [0.2, 0.25) is 0 Å². The minimum Gasteiger partial charge on any atom is -0.358 e. The zero-order valence-corrected chi connectivity index (χ0v) is 23.1. The Balaban J connectivity index is 1.21. The van der Waals surface area contributed by atoms with Gasteiger partial charge in [-0.3, -0.25) is 20.1 Å². The van der Waals surface area contributed by atoms with Crippen LogP contribution < -0.4 is 21.2 Å². The van der Waals surface area contributed by atoms with E-state index < -0.39 is 0 Å². The number of hydrogen-bond acceptors (Lipinski definition) is 7. The van der Waals surface area contributed by atoms with Gasteiger partial charge in [0.15, 0.2) is 5.82 Å². The van der Waals surface area contributed by atoms with E-state index in [-0.39, 0.29) is 0 Å². The van der Waals surface area contributed by atoms with E-state index in [0.29, 0.717) is 17.4 Å². The first-order valence-electron chi connectivity index (χ1n) is 13.8. The summed E-state index contributed by atoms with van der Waals surface area (Å²) in [7, 11) is 0. The minimum atomic E-state index is 0.625. The number of imidazole rings is 1. The number of fused-ring (bicyclic) bond motifs is 1. The Hall–Kier alpha value is -4.89. The molecule has 0 aliphatic carbocycles. The number of aromatic amines is 2. The summed E-state index contributed by atoms with van der Waals surface area (Å²) in [6, 6.07) is 9.74. The molecule has 0 unspecified atom stereocenters. The number of H-pyrrole nitrogens is 2. The van der Waals surface area contributed by atoms with Gasteiger partial charge < -0.3 is 15.6 Å². The molecule has 0 aromatic carbocycles. The number of aromatic nitrogens is 7. The molecule has 0 bridgehead atoms. The molecule has 206 valence electrons. The normalized spacial score (nSPS) is 15.0. The second-order valence-corrected chi connectivity index (χ2v) is 10.4. The highest BCUT2D eigenvalue weighted by atomic mass is 15.1. The van der Waals surface area contributed by atoms with Crippen molar-refractivity contribution in [2.24, 2.45) is 5.92 Å². The largest absolute Gasteiger partial charge is 0.358 e. The van der Waals surface area contributed by atoms with Gasteiger partial charge in [-0.2, -0.15) is 5.10 Å². The van der Waals surface area contributed by atoms with E-state index in [4.69, 9.17) is 4.98 Å². The molecule has 6 rings (SSSR count). The molecule has 0 radical (unpaired) electrons. The molecule has 9 nitrogen and oxygen atoms in total. The fourth-order valence-electron chi connectivity index (χ4n) is 5.17. The smallest absolute Gasteiger partial charge is 0.159 e. The molecule has 1 saturated heterocycles. The highest BCUT2D eigenvalue weighted by molar-refractivity contribution is 5.90. The van der Waals surface area contributed by atoms with Crippen LogP contribution in [0.1, 0.15) is 31.7 Å². The van der Waals surface area contributed by atoms with E-state index >= 15 is 0 Å². The van der Waals surface area contributed by atoms with E-state index in [9.17, 15) is 0 Å². The van der Waals surface area contributed by atoms with Crippen molar-refractivity contribution in [3.8, 4) is 22.9 Å². The fraction of sp³-hybridized carbons (Fsp3) is 0.219. The van der Waals surface area contributed by atoms with Gasteiger partial charge in [-0.15, -0.1) is 0 Å². The molecule has 41 heavy (non-hydrogen) atoms. The molecule has 5 aromatic heterocycles. The Kier molecular flexibility index (Phi) is 7.51. The Morgan fingerprint density at radius 3 is 2.80 bits per heavy atom. The predicted molar refractivity (Wildman–Crippen MR) is 165 cm³/mol. The fourth-order valence-corrected chi connectivity index (χ4v) is 5.17. The summed E-state index contributed by atoms with van der Waals surface area (Å²) in [5, 5.41) is 16.0. The van der Waals surface area contributed by atoms with Crippen LogP contribution in [0.5, 0.6) is 0 Å². The lowest BCUT2D eigenvalue weighted by molar-refractivity contribution is 0.373. The van der Waals surface area contributed by atoms with Crippen molar-refractivity contribution >= 4 is 34.9 Å². The highest BCUT2D eigenvalue weighted by Gasteiger charge is 2.15. The Morgan fingerprint density at radius 1 is 1.10 bits per heavy atom. The molecule has 1 aliphatic heterocycles. The predicted octanol–water partition coefficient (Wildman–Crippen LogP) is 4.41. The van der Waals surface area contributed by atoms with Gasteiger partial charge in [0, 0.05) is 29.5 Å². The van der Waals surface area contributed by atoms with E-state index in [2.05, 4.69) is 66.9 Å². The summed E-state index contributed by atoms with van der Waals surface area (Å²) >= 11 is 0. The van der Waals surface area contributed by atoms with Gasteiger partial charge in [0.05, 0.1) is 28.4 Å². The lowest BCUT2D eigenvalue weighted by atomic mass is 9.93. The van der Waals surface area contributed by atoms with E-state index in [1.165, 1.54) is 12.8 Å². The van der Waals surface area contributed by atoms with Crippen LogP contribution in [-0.4, -0.2) is 48.2 Å². The zero-order valence-electron chi connectivity index (χ0n) is 23.1. The first-order chi connectivity index (χ1) is 20.0. The van der Waals surface area contributed by atoms with Gasteiger partial charge in [-0.1, -0.05) is 25.3 Å². The van der Waals surface area contributed by atoms with Crippen LogP contribution in [0.15, 0.2) is 73.5 Å². The molecular formula is C32H33N9. The van der Waals surface area contributed by atoms with Crippen LogP contribution in [0.3, 0.4) is 0 Å². The van der Waals surface area contributed by atoms with E-state index in [1.807, 2.05) is 48.8 Å². The summed E-state index contributed by atoms with van der Waals surface area (Å²) in [4.78, 5) is 21.6. The molecule has 0 amide bonds.